The molecule has 1 aromatic rings. The summed E-state index contributed by atoms with van der Waals surface area (Å²) >= 11 is 0. The maximum atomic E-state index is 9.18. The Hall–Kier alpha value is -1.73. The van der Waals surface area contributed by atoms with Gasteiger partial charge in [-0.1, -0.05) is 6.07 Å². The molecule has 4 heteroatoms. The van der Waals surface area contributed by atoms with Gasteiger partial charge in [0, 0.05) is 18.2 Å². The third-order valence-electron chi connectivity index (χ3n) is 2.69. The van der Waals surface area contributed by atoms with Crippen molar-refractivity contribution in [1.82, 2.24) is 0 Å². The summed E-state index contributed by atoms with van der Waals surface area (Å²) < 4.78 is 10.4. The molecule has 0 saturated carbocycles. The second-order valence-corrected chi connectivity index (χ2v) is 3.85. The molecule has 84 valence electrons. The van der Waals surface area contributed by atoms with Crippen LogP contribution in [-0.2, 0) is 4.74 Å². The van der Waals surface area contributed by atoms with E-state index in [9.17, 15) is 5.26 Å². The lowest BCUT2D eigenvalue weighted by atomic mass is 10.0. The Bertz CT molecular complexity index is 406. The summed E-state index contributed by atoms with van der Waals surface area (Å²) in [6.07, 6.45) is 0.709. The highest BCUT2D eigenvalue weighted by molar-refractivity contribution is 5.52. The van der Waals surface area contributed by atoms with Crippen LogP contribution >= 0.6 is 0 Å². The van der Waals surface area contributed by atoms with Crippen LogP contribution in [0.25, 0.3) is 0 Å². The van der Waals surface area contributed by atoms with E-state index in [4.69, 9.17) is 9.47 Å². The Balaban J connectivity index is 2.16. The molecule has 1 N–H and O–H groups in total. The van der Waals surface area contributed by atoms with Crippen LogP contribution in [0.4, 0.5) is 5.69 Å². The molecule has 1 atom stereocenters. The van der Waals surface area contributed by atoms with Crippen LogP contribution in [0, 0.1) is 11.3 Å². The molecule has 0 amide bonds. The van der Waals surface area contributed by atoms with Gasteiger partial charge in [0.1, 0.15) is 5.75 Å². The average Bonchev–Trinajstić information content (AvgIpc) is 2.78. The largest absolute Gasteiger partial charge is 0.497 e. The lowest BCUT2D eigenvalue weighted by molar-refractivity contribution is 0.189. The molecule has 0 radical (unpaired) electrons. The van der Waals surface area contributed by atoms with Crippen LogP contribution < -0.4 is 10.1 Å². The molecule has 2 rings (SSSR count). The molecule has 1 aliphatic rings. The van der Waals surface area contributed by atoms with Crippen LogP contribution in [0.2, 0.25) is 0 Å². The van der Waals surface area contributed by atoms with Gasteiger partial charge in [0.2, 0.25) is 0 Å². The van der Waals surface area contributed by atoms with Gasteiger partial charge in [-0.05, 0) is 12.1 Å². The standard InChI is InChI=1S/C12H14N2O2/c1-15-11-4-2-3-10(7-11)14-12(8-13)5-6-16-9-12/h2-4,7,14H,5-6,9H2,1H3. The van der Waals surface area contributed by atoms with Crippen molar-refractivity contribution < 1.29 is 9.47 Å². The Kier molecular flexibility index (Phi) is 2.97. The highest BCUT2D eigenvalue weighted by atomic mass is 16.5. The summed E-state index contributed by atoms with van der Waals surface area (Å²) in [4.78, 5) is 0. The molecule has 1 aromatic carbocycles. The first-order valence-corrected chi connectivity index (χ1v) is 5.19. The quantitative estimate of drug-likeness (QED) is 0.840. The van der Waals surface area contributed by atoms with Crippen LogP contribution in [0.5, 0.6) is 5.75 Å². The van der Waals surface area contributed by atoms with E-state index in [1.807, 2.05) is 24.3 Å². The number of nitrogens with zero attached hydrogens (tertiary/aromatic N) is 1. The van der Waals surface area contributed by atoms with Crippen molar-refractivity contribution in [2.75, 3.05) is 25.6 Å². The number of rotatable bonds is 3. The van der Waals surface area contributed by atoms with E-state index in [1.54, 1.807) is 7.11 Å². The second-order valence-electron chi connectivity index (χ2n) is 3.85. The summed E-state index contributed by atoms with van der Waals surface area (Å²) in [6, 6.07) is 9.84. The lowest BCUT2D eigenvalue weighted by Gasteiger charge is -2.21. The van der Waals surface area contributed by atoms with Crippen molar-refractivity contribution in [1.29, 1.82) is 5.26 Å². The molecule has 0 bridgehead atoms. The van der Waals surface area contributed by atoms with Crippen LogP contribution in [0.15, 0.2) is 24.3 Å². The Morgan fingerprint density at radius 2 is 2.44 bits per heavy atom. The fourth-order valence-electron chi connectivity index (χ4n) is 1.76. The van der Waals surface area contributed by atoms with Gasteiger partial charge in [-0.25, -0.2) is 0 Å². The minimum Gasteiger partial charge on any atom is -0.497 e. The first kappa shape index (κ1) is 10.8. The van der Waals surface area contributed by atoms with E-state index in [0.717, 1.165) is 11.4 Å². The van der Waals surface area contributed by atoms with E-state index < -0.39 is 5.54 Å². The van der Waals surface area contributed by atoms with E-state index in [0.29, 0.717) is 19.6 Å². The maximum absolute atomic E-state index is 9.18. The van der Waals surface area contributed by atoms with Crippen molar-refractivity contribution in [2.24, 2.45) is 0 Å². The van der Waals surface area contributed by atoms with Gasteiger partial charge in [-0.2, -0.15) is 5.26 Å². The van der Waals surface area contributed by atoms with Crippen molar-refractivity contribution >= 4 is 5.69 Å². The number of hydrogen-bond donors (Lipinski definition) is 1. The molecular formula is C12H14N2O2. The Morgan fingerprint density at radius 1 is 1.56 bits per heavy atom. The van der Waals surface area contributed by atoms with Crippen molar-refractivity contribution in [3.05, 3.63) is 24.3 Å². The summed E-state index contributed by atoms with van der Waals surface area (Å²) in [5.74, 6) is 0.775. The molecule has 1 saturated heterocycles. The predicted molar refractivity (Wildman–Crippen MR) is 60.4 cm³/mol. The van der Waals surface area contributed by atoms with Crippen molar-refractivity contribution in [2.45, 2.75) is 12.0 Å². The normalized spacial score (nSPS) is 23.8. The van der Waals surface area contributed by atoms with Gasteiger partial charge >= 0.3 is 0 Å². The summed E-state index contributed by atoms with van der Waals surface area (Å²) in [5, 5.41) is 12.4. The van der Waals surface area contributed by atoms with Crippen LogP contribution in [0.3, 0.4) is 0 Å². The van der Waals surface area contributed by atoms with Crippen LogP contribution in [0.1, 0.15) is 6.42 Å². The second kappa shape index (κ2) is 4.42. The zero-order chi connectivity index (χ0) is 11.4. The number of benzene rings is 1. The number of methoxy groups -OCH3 is 1. The van der Waals surface area contributed by atoms with Crippen LogP contribution in [-0.4, -0.2) is 25.9 Å². The van der Waals surface area contributed by atoms with Crippen molar-refractivity contribution in [3.63, 3.8) is 0 Å². The third kappa shape index (κ3) is 2.10. The molecular weight excluding hydrogens is 204 g/mol. The minimum atomic E-state index is -0.591. The predicted octanol–water partition coefficient (Wildman–Crippen LogP) is 1.79. The zero-order valence-corrected chi connectivity index (χ0v) is 9.19. The number of ether oxygens (including phenoxy) is 2. The monoisotopic (exact) mass is 218 g/mol. The summed E-state index contributed by atoms with van der Waals surface area (Å²) in [7, 11) is 1.62. The zero-order valence-electron chi connectivity index (χ0n) is 9.19. The van der Waals surface area contributed by atoms with Gasteiger partial charge in [0.15, 0.2) is 5.54 Å². The number of nitriles is 1. The summed E-state index contributed by atoms with van der Waals surface area (Å²) in [6.45, 7) is 1.06. The number of hydrogen-bond acceptors (Lipinski definition) is 4. The summed E-state index contributed by atoms with van der Waals surface area (Å²) in [5.41, 5.74) is 0.290. The minimum absolute atomic E-state index is 0.431. The number of nitrogens with one attached hydrogen (secondary N) is 1. The number of anilines is 1. The van der Waals surface area contributed by atoms with E-state index in [2.05, 4.69) is 11.4 Å². The molecule has 1 fully saturated rings. The highest BCUT2D eigenvalue weighted by Gasteiger charge is 2.34. The average molecular weight is 218 g/mol. The molecule has 1 unspecified atom stereocenters. The molecule has 0 aromatic heterocycles. The molecule has 1 heterocycles. The van der Waals surface area contributed by atoms with Crippen molar-refractivity contribution in [3.8, 4) is 11.8 Å². The van der Waals surface area contributed by atoms with E-state index in [1.165, 1.54) is 0 Å². The SMILES string of the molecule is COc1cccc(NC2(C#N)CCOC2)c1. The first-order chi connectivity index (χ1) is 7.78. The van der Waals surface area contributed by atoms with Gasteiger partial charge in [0.25, 0.3) is 0 Å². The molecule has 0 aliphatic carbocycles. The highest BCUT2D eigenvalue weighted by Crippen LogP contribution is 2.25. The van der Waals surface area contributed by atoms with E-state index in [-0.39, 0.29) is 0 Å². The Morgan fingerprint density at radius 3 is 3.06 bits per heavy atom. The van der Waals surface area contributed by atoms with Gasteiger partial charge in [-0.15, -0.1) is 0 Å². The third-order valence-corrected chi connectivity index (χ3v) is 2.69. The van der Waals surface area contributed by atoms with Gasteiger partial charge in [-0.3, -0.25) is 0 Å². The topological polar surface area (TPSA) is 54.3 Å². The molecule has 4 nitrogen and oxygen atoms in total. The fourth-order valence-corrected chi connectivity index (χ4v) is 1.76. The molecule has 16 heavy (non-hydrogen) atoms. The molecule has 1 aliphatic heterocycles. The van der Waals surface area contributed by atoms with Gasteiger partial charge in [0.05, 0.1) is 26.4 Å². The maximum Gasteiger partial charge on any atom is 0.151 e. The smallest absolute Gasteiger partial charge is 0.151 e. The lowest BCUT2D eigenvalue weighted by Crippen LogP contribution is -2.36. The first-order valence-electron chi connectivity index (χ1n) is 5.19. The Labute approximate surface area is 94.8 Å². The van der Waals surface area contributed by atoms with E-state index >= 15 is 0 Å². The fraction of sp³-hybridized carbons (Fsp3) is 0.417. The molecule has 0 spiro atoms. The van der Waals surface area contributed by atoms with Gasteiger partial charge < -0.3 is 14.8 Å².